The fraction of sp³-hybridized carbons (Fsp3) is 0.429. The number of hydrogen-bond donors (Lipinski definition) is 1. The van der Waals surface area contributed by atoms with Crippen molar-refractivity contribution in [2.45, 2.75) is 33.3 Å². The van der Waals surface area contributed by atoms with Crippen LogP contribution >= 0.6 is 11.5 Å². The highest BCUT2D eigenvalue weighted by Gasteiger charge is 2.08. The number of hydrogen-bond acceptors (Lipinski definition) is 5. The monoisotopic (exact) mass is 277 g/mol. The summed E-state index contributed by atoms with van der Waals surface area (Å²) in [5.74, 6) is 0.883. The molecule has 2 rings (SSSR count). The van der Waals surface area contributed by atoms with Gasteiger partial charge in [0.15, 0.2) is 0 Å². The van der Waals surface area contributed by atoms with Crippen molar-refractivity contribution >= 4 is 16.5 Å². The summed E-state index contributed by atoms with van der Waals surface area (Å²) < 4.78 is 9.75. The highest BCUT2D eigenvalue weighted by atomic mass is 32.1. The summed E-state index contributed by atoms with van der Waals surface area (Å²) in [7, 11) is 0. The number of benzene rings is 1. The van der Waals surface area contributed by atoms with Crippen molar-refractivity contribution in [2.75, 3.05) is 11.9 Å². The zero-order valence-corrected chi connectivity index (χ0v) is 12.2. The summed E-state index contributed by atoms with van der Waals surface area (Å²) in [6.07, 6.45) is 2.09. The molecule has 0 aliphatic heterocycles. The van der Waals surface area contributed by atoms with Gasteiger partial charge in [-0.15, -0.1) is 5.10 Å². The molecule has 0 radical (unpaired) electrons. The Bertz CT molecular complexity index is 513. The van der Waals surface area contributed by atoms with Crippen molar-refractivity contribution in [1.82, 2.24) is 9.59 Å². The van der Waals surface area contributed by atoms with Gasteiger partial charge in [-0.2, -0.15) is 0 Å². The lowest BCUT2D eigenvalue weighted by atomic mass is 10.2. The SMILES string of the molecule is CCCNc1snnc1COc1cccc(CC)c1. The van der Waals surface area contributed by atoms with Crippen LogP contribution in [0.3, 0.4) is 0 Å². The Balaban J connectivity index is 1.96. The van der Waals surface area contributed by atoms with Gasteiger partial charge in [-0.3, -0.25) is 0 Å². The van der Waals surface area contributed by atoms with Crippen LogP contribution in [0.15, 0.2) is 24.3 Å². The Labute approximate surface area is 118 Å². The van der Waals surface area contributed by atoms with Crippen molar-refractivity contribution in [3.63, 3.8) is 0 Å². The number of ether oxygens (including phenoxy) is 1. The lowest BCUT2D eigenvalue weighted by molar-refractivity contribution is 0.301. The summed E-state index contributed by atoms with van der Waals surface area (Å²) in [5.41, 5.74) is 2.15. The molecule has 5 heteroatoms. The second-order valence-corrected chi connectivity index (χ2v) is 5.02. The smallest absolute Gasteiger partial charge is 0.136 e. The third kappa shape index (κ3) is 3.92. The number of nitrogens with one attached hydrogen (secondary N) is 1. The Morgan fingerprint density at radius 1 is 1.32 bits per heavy atom. The van der Waals surface area contributed by atoms with Gasteiger partial charge in [-0.05, 0) is 30.5 Å². The van der Waals surface area contributed by atoms with Gasteiger partial charge in [-0.25, -0.2) is 0 Å². The van der Waals surface area contributed by atoms with Crippen LogP contribution in [0.4, 0.5) is 5.00 Å². The molecule has 1 heterocycles. The first-order valence-electron chi connectivity index (χ1n) is 6.60. The highest BCUT2D eigenvalue weighted by Crippen LogP contribution is 2.20. The van der Waals surface area contributed by atoms with Crippen molar-refractivity contribution in [2.24, 2.45) is 0 Å². The van der Waals surface area contributed by atoms with Crippen molar-refractivity contribution in [3.8, 4) is 5.75 Å². The first kappa shape index (κ1) is 13.8. The number of anilines is 1. The van der Waals surface area contributed by atoms with Gasteiger partial charge < -0.3 is 10.1 Å². The molecule has 4 nitrogen and oxygen atoms in total. The first-order chi connectivity index (χ1) is 9.33. The normalized spacial score (nSPS) is 10.4. The van der Waals surface area contributed by atoms with E-state index in [0.29, 0.717) is 6.61 Å². The molecule has 0 saturated heterocycles. The van der Waals surface area contributed by atoms with Gasteiger partial charge in [0.25, 0.3) is 0 Å². The molecule has 19 heavy (non-hydrogen) atoms. The summed E-state index contributed by atoms with van der Waals surface area (Å²) >= 11 is 1.38. The topological polar surface area (TPSA) is 47.0 Å². The molecule has 0 spiro atoms. The van der Waals surface area contributed by atoms with Crippen LogP contribution < -0.4 is 10.1 Å². The van der Waals surface area contributed by atoms with E-state index in [1.54, 1.807) is 0 Å². The van der Waals surface area contributed by atoms with E-state index in [2.05, 4.69) is 40.9 Å². The summed E-state index contributed by atoms with van der Waals surface area (Å²) in [6, 6.07) is 8.16. The molecule has 1 aromatic heterocycles. The quantitative estimate of drug-likeness (QED) is 0.841. The second kappa shape index (κ2) is 7.09. The van der Waals surface area contributed by atoms with Crippen LogP contribution in [0.2, 0.25) is 0 Å². The van der Waals surface area contributed by atoms with E-state index in [-0.39, 0.29) is 0 Å². The zero-order valence-electron chi connectivity index (χ0n) is 11.3. The molecule has 102 valence electrons. The Hall–Kier alpha value is -1.62. The van der Waals surface area contributed by atoms with Gasteiger partial charge in [-0.1, -0.05) is 30.5 Å². The molecule has 0 atom stereocenters. The molecule has 0 bridgehead atoms. The summed E-state index contributed by atoms with van der Waals surface area (Å²) in [5, 5.41) is 8.43. The van der Waals surface area contributed by atoms with Crippen LogP contribution in [0.5, 0.6) is 5.75 Å². The molecular weight excluding hydrogens is 258 g/mol. The second-order valence-electron chi connectivity index (χ2n) is 4.27. The maximum absolute atomic E-state index is 5.78. The van der Waals surface area contributed by atoms with E-state index < -0.39 is 0 Å². The van der Waals surface area contributed by atoms with Gasteiger partial charge in [0.1, 0.15) is 23.1 Å². The molecule has 0 amide bonds. The Morgan fingerprint density at radius 3 is 3.00 bits per heavy atom. The van der Waals surface area contributed by atoms with Gasteiger partial charge >= 0.3 is 0 Å². The van der Waals surface area contributed by atoms with E-state index >= 15 is 0 Å². The number of aryl methyl sites for hydroxylation is 1. The minimum Gasteiger partial charge on any atom is -0.487 e. The fourth-order valence-electron chi connectivity index (χ4n) is 1.68. The molecule has 1 N–H and O–H groups in total. The van der Waals surface area contributed by atoms with Crippen LogP contribution in [0.1, 0.15) is 31.5 Å². The molecule has 2 aromatic rings. The van der Waals surface area contributed by atoms with Crippen molar-refractivity contribution < 1.29 is 4.74 Å². The summed E-state index contributed by atoms with van der Waals surface area (Å²) in [6.45, 7) is 5.65. The molecule has 1 aromatic carbocycles. The highest BCUT2D eigenvalue weighted by molar-refractivity contribution is 7.10. The van der Waals surface area contributed by atoms with E-state index in [4.69, 9.17) is 4.74 Å². The van der Waals surface area contributed by atoms with Crippen LogP contribution in [-0.2, 0) is 13.0 Å². The third-order valence-electron chi connectivity index (χ3n) is 2.77. The standard InChI is InChI=1S/C14H19N3OS/c1-3-8-15-14-13(16-17-19-14)10-18-12-7-5-6-11(4-2)9-12/h5-7,9,15H,3-4,8,10H2,1-2H3. The number of nitrogens with zero attached hydrogens (tertiary/aromatic N) is 2. The third-order valence-corrected chi connectivity index (χ3v) is 3.50. The van der Waals surface area contributed by atoms with Crippen molar-refractivity contribution in [3.05, 3.63) is 35.5 Å². The lowest BCUT2D eigenvalue weighted by Gasteiger charge is -2.07. The average molecular weight is 277 g/mol. The molecule has 0 aliphatic carbocycles. The van der Waals surface area contributed by atoms with Gasteiger partial charge in [0.05, 0.1) is 0 Å². The first-order valence-corrected chi connectivity index (χ1v) is 7.37. The predicted molar refractivity (Wildman–Crippen MR) is 78.8 cm³/mol. The molecular formula is C14H19N3OS. The van der Waals surface area contributed by atoms with Gasteiger partial charge in [0.2, 0.25) is 0 Å². The number of aromatic nitrogens is 2. The molecule has 0 unspecified atom stereocenters. The largest absolute Gasteiger partial charge is 0.487 e. The lowest BCUT2D eigenvalue weighted by Crippen LogP contribution is -2.03. The van der Waals surface area contributed by atoms with Crippen LogP contribution in [-0.4, -0.2) is 16.1 Å². The minimum absolute atomic E-state index is 0.454. The van der Waals surface area contributed by atoms with E-state index in [9.17, 15) is 0 Å². The molecule has 0 fully saturated rings. The maximum atomic E-state index is 5.78. The van der Waals surface area contributed by atoms with Crippen LogP contribution in [0.25, 0.3) is 0 Å². The van der Waals surface area contributed by atoms with Gasteiger partial charge in [0, 0.05) is 18.1 Å². The Kier molecular flexibility index (Phi) is 5.15. The fourth-order valence-corrected chi connectivity index (χ4v) is 2.28. The minimum atomic E-state index is 0.454. The van der Waals surface area contributed by atoms with Crippen LogP contribution in [0, 0.1) is 0 Å². The average Bonchev–Trinajstić information content (AvgIpc) is 2.90. The maximum Gasteiger partial charge on any atom is 0.136 e. The zero-order chi connectivity index (χ0) is 13.5. The van der Waals surface area contributed by atoms with E-state index in [1.165, 1.54) is 17.1 Å². The van der Waals surface area contributed by atoms with E-state index in [0.717, 1.165) is 35.8 Å². The molecule has 0 aliphatic rings. The Morgan fingerprint density at radius 2 is 2.21 bits per heavy atom. The predicted octanol–water partition coefficient (Wildman–Crippen LogP) is 3.50. The van der Waals surface area contributed by atoms with Crippen molar-refractivity contribution in [1.29, 1.82) is 0 Å². The number of rotatable bonds is 7. The summed E-state index contributed by atoms with van der Waals surface area (Å²) in [4.78, 5) is 0. The molecule has 0 saturated carbocycles. The van der Waals surface area contributed by atoms with E-state index in [1.807, 2.05) is 12.1 Å².